The highest BCUT2D eigenvalue weighted by molar-refractivity contribution is 4.78. The van der Waals surface area contributed by atoms with Crippen molar-refractivity contribution in [3.05, 3.63) is 0 Å². The summed E-state index contributed by atoms with van der Waals surface area (Å²) in [5, 5.41) is 9.45. The van der Waals surface area contributed by atoms with Crippen molar-refractivity contribution in [2.45, 2.75) is 65.0 Å². The van der Waals surface area contributed by atoms with Crippen LogP contribution in [0.15, 0.2) is 0 Å². The van der Waals surface area contributed by atoms with Gasteiger partial charge in [0.15, 0.2) is 0 Å². The Labute approximate surface area is 94.7 Å². The quantitative estimate of drug-likeness (QED) is 0.779. The maximum absolute atomic E-state index is 9.45. The molecule has 0 radical (unpaired) electrons. The van der Waals surface area contributed by atoms with Crippen LogP contribution in [0.5, 0.6) is 0 Å². The van der Waals surface area contributed by atoms with Crippen LogP contribution in [0.2, 0.25) is 0 Å². The van der Waals surface area contributed by atoms with E-state index in [-0.39, 0.29) is 6.10 Å². The average molecular weight is 213 g/mol. The van der Waals surface area contributed by atoms with Crippen LogP contribution < -0.4 is 0 Å². The lowest BCUT2D eigenvalue weighted by molar-refractivity contribution is 0.0801. The lowest BCUT2D eigenvalue weighted by Gasteiger charge is -2.34. The SMILES string of the molecule is CN(CCC(C)(C)C)C1CCC(O)CC1. The van der Waals surface area contributed by atoms with Crippen molar-refractivity contribution in [3.8, 4) is 0 Å². The summed E-state index contributed by atoms with van der Waals surface area (Å²) >= 11 is 0. The van der Waals surface area contributed by atoms with Gasteiger partial charge in [-0.1, -0.05) is 20.8 Å². The van der Waals surface area contributed by atoms with Crippen LogP contribution in [0, 0.1) is 5.41 Å². The molecule has 1 aliphatic carbocycles. The van der Waals surface area contributed by atoms with Crippen LogP contribution in [-0.4, -0.2) is 35.7 Å². The fourth-order valence-electron chi connectivity index (χ4n) is 2.19. The molecule has 1 aliphatic rings. The first-order chi connectivity index (χ1) is 6.88. The summed E-state index contributed by atoms with van der Waals surface area (Å²) in [6, 6.07) is 0.704. The van der Waals surface area contributed by atoms with Gasteiger partial charge in [-0.05, 0) is 51.1 Å². The van der Waals surface area contributed by atoms with Gasteiger partial charge >= 0.3 is 0 Å². The minimum atomic E-state index is -0.0303. The fraction of sp³-hybridized carbons (Fsp3) is 1.00. The topological polar surface area (TPSA) is 23.5 Å². The van der Waals surface area contributed by atoms with Gasteiger partial charge in [-0.3, -0.25) is 0 Å². The molecule has 1 N–H and O–H groups in total. The molecule has 0 atom stereocenters. The number of hydrogen-bond acceptors (Lipinski definition) is 2. The van der Waals surface area contributed by atoms with Gasteiger partial charge in [-0.25, -0.2) is 0 Å². The third kappa shape index (κ3) is 4.98. The van der Waals surface area contributed by atoms with Crippen LogP contribution in [0.1, 0.15) is 52.9 Å². The third-order valence-electron chi connectivity index (χ3n) is 3.50. The van der Waals surface area contributed by atoms with E-state index in [1.54, 1.807) is 0 Å². The predicted octanol–water partition coefficient (Wildman–Crippen LogP) is 2.66. The van der Waals surface area contributed by atoms with E-state index in [9.17, 15) is 5.11 Å². The molecule has 0 unspecified atom stereocenters. The van der Waals surface area contributed by atoms with Crippen LogP contribution in [0.25, 0.3) is 0 Å². The van der Waals surface area contributed by atoms with Gasteiger partial charge in [0.1, 0.15) is 0 Å². The van der Waals surface area contributed by atoms with Crippen LogP contribution in [0.4, 0.5) is 0 Å². The number of aliphatic hydroxyl groups excluding tert-OH is 1. The van der Waals surface area contributed by atoms with E-state index in [0.29, 0.717) is 11.5 Å². The number of rotatable bonds is 3. The smallest absolute Gasteiger partial charge is 0.0541 e. The second-order valence-corrected chi connectivity index (χ2v) is 6.25. The maximum Gasteiger partial charge on any atom is 0.0541 e. The Kier molecular flexibility index (Phi) is 4.60. The van der Waals surface area contributed by atoms with Gasteiger partial charge in [-0.15, -0.1) is 0 Å². The van der Waals surface area contributed by atoms with E-state index >= 15 is 0 Å². The lowest BCUT2D eigenvalue weighted by Crippen LogP contribution is -2.37. The molecular weight excluding hydrogens is 186 g/mol. The summed E-state index contributed by atoms with van der Waals surface area (Å²) in [7, 11) is 2.23. The van der Waals surface area contributed by atoms with Gasteiger partial charge in [-0.2, -0.15) is 0 Å². The first-order valence-corrected chi connectivity index (χ1v) is 6.27. The predicted molar refractivity (Wildman–Crippen MR) is 65.0 cm³/mol. The largest absolute Gasteiger partial charge is 0.393 e. The second-order valence-electron chi connectivity index (χ2n) is 6.25. The fourth-order valence-corrected chi connectivity index (χ4v) is 2.19. The first kappa shape index (κ1) is 13.0. The first-order valence-electron chi connectivity index (χ1n) is 6.27. The normalized spacial score (nSPS) is 28.4. The van der Waals surface area contributed by atoms with Crippen molar-refractivity contribution in [1.29, 1.82) is 0 Å². The number of aliphatic hydroxyl groups is 1. The van der Waals surface area contributed by atoms with E-state index in [1.807, 2.05) is 0 Å². The average Bonchev–Trinajstić information content (AvgIpc) is 2.14. The molecule has 1 rings (SSSR count). The Morgan fingerprint density at radius 2 is 1.67 bits per heavy atom. The molecule has 0 amide bonds. The Morgan fingerprint density at radius 3 is 2.13 bits per heavy atom. The Bertz CT molecular complexity index is 177. The molecule has 0 aliphatic heterocycles. The Morgan fingerprint density at radius 1 is 1.13 bits per heavy atom. The molecule has 0 aromatic rings. The van der Waals surface area contributed by atoms with Crippen molar-refractivity contribution in [2.75, 3.05) is 13.6 Å². The van der Waals surface area contributed by atoms with Crippen molar-refractivity contribution >= 4 is 0 Å². The molecule has 0 aromatic carbocycles. The van der Waals surface area contributed by atoms with Crippen LogP contribution >= 0.6 is 0 Å². The van der Waals surface area contributed by atoms with Crippen LogP contribution in [-0.2, 0) is 0 Å². The molecular formula is C13H27NO. The van der Waals surface area contributed by atoms with Gasteiger partial charge in [0.25, 0.3) is 0 Å². The van der Waals surface area contributed by atoms with E-state index in [1.165, 1.54) is 25.8 Å². The highest BCUT2D eigenvalue weighted by Crippen LogP contribution is 2.24. The van der Waals surface area contributed by atoms with E-state index in [0.717, 1.165) is 12.8 Å². The molecule has 2 nitrogen and oxygen atoms in total. The summed E-state index contributed by atoms with van der Waals surface area (Å²) in [5.41, 5.74) is 0.433. The highest BCUT2D eigenvalue weighted by Gasteiger charge is 2.23. The summed E-state index contributed by atoms with van der Waals surface area (Å²) in [4.78, 5) is 2.48. The molecule has 0 heterocycles. The standard InChI is InChI=1S/C13H27NO/c1-13(2,3)9-10-14(4)11-5-7-12(15)8-6-11/h11-12,15H,5-10H2,1-4H3. The molecule has 2 heteroatoms. The minimum Gasteiger partial charge on any atom is -0.393 e. The molecule has 0 bridgehead atoms. The van der Waals surface area contributed by atoms with Gasteiger partial charge in [0, 0.05) is 6.04 Å². The summed E-state index contributed by atoms with van der Waals surface area (Å²) in [6.45, 7) is 8.08. The van der Waals surface area contributed by atoms with E-state index in [2.05, 4.69) is 32.7 Å². The number of hydrogen-bond donors (Lipinski definition) is 1. The zero-order chi connectivity index (χ0) is 11.5. The third-order valence-corrected chi connectivity index (χ3v) is 3.50. The molecule has 0 spiro atoms. The van der Waals surface area contributed by atoms with Gasteiger partial charge in [0.05, 0.1) is 6.10 Å². The van der Waals surface area contributed by atoms with Crippen molar-refractivity contribution < 1.29 is 5.11 Å². The lowest BCUT2D eigenvalue weighted by atomic mass is 9.89. The van der Waals surface area contributed by atoms with E-state index in [4.69, 9.17) is 0 Å². The van der Waals surface area contributed by atoms with Crippen molar-refractivity contribution in [3.63, 3.8) is 0 Å². The van der Waals surface area contributed by atoms with Gasteiger partial charge in [0.2, 0.25) is 0 Å². The Balaban J connectivity index is 2.25. The van der Waals surface area contributed by atoms with Crippen molar-refractivity contribution in [2.24, 2.45) is 5.41 Å². The molecule has 90 valence electrons. The molecule has 1 saturated carbocycles. The molecule has 1 fully saturated rings. The maximum atomic E-state index is 9.45. The summed E-state index contributed by atoms with van der Waals surface area (Å²) in [5.74, 6) is 0. The molecule has 0 aromatic heterocycles. The van der Waals surface area contributed by atoms with Crippen molar-refractivity contribution in [1.82, 2.24) is 4.90 Å². The summed E-state index contributed by atoms with van der Waals surface area (Å²) < 4.78 is 0. The monoisotopic (exact) mass is 213 g/mol. The molecule has 0 saturated heterocycles. The zero-order valence-corrected chi connectivity index (χ0v) is 10.8. The highest BCUT2D eigenvalue weighted by atomic mass is 16.3. The number of nitrogens with zero attached hydrogens (tertiary/aromatic N) is 1. The van der Waals surface area contributed by atoms with Gasteiger partial charge < -0.3 is 10.0 Å². The second kappa shape index (κ2) is 5.31. The minimum absolute atomic E-state index is 0.0303. The molecule has 15 heavy (non-hydrogen) atoms. The summed E-state index contributed by atoms with van der Waals surface area (Å²) in [6.07, 6.45) is 5.54. The van der Waals surface area contributed by atoms with E-state index < -0.39 is 0 Å². The Hall–Kier alpha value is -0.0800. The zero-order valence-electron chi connectivity index (χ0n) is 10.8. The van der Waals surface area contributed by atoms with Crippen LogP contribution in [0.3, 0.4) is 0 Å².